The van der Waals surface area contributed by atoms with Crippen LogP contribution in [-0.2, 0) is 16.4 Å². The minimum atomic E-state index is -3.13. The second-order valence-electron chi connectivity index (χ2n) is 7.51. The molecule has 30 heavy (non-hydrogen) atoms. The lowest BCUT2D eigenvalue weighted by molar-refractivity contribution is 0.0666. The van der Waals surface area contributed by atoms with Gasteiger partial charge in [0, 0.05) is 11.6 Å². The summed E-state index contributed by atoms with van der Waals surface area (Å²) in [6.45, 7) is 3.94. The first-order valence-corrected chi connectivity index (χ1v) is 11.8. The predicted molar refractivity (Wildman–Crippen MR) is 114 cm³/mol. The van der Waals surface area contributed by atoms with Crippen LogP contribution in [0, 0.1) is 13.8 Å². The van der Waals surface area contributed by atoms with Crippen LogP contribution in [0.25, 0.3) is 5.69 Å². The number of carbonyl (C=O) groups excluding carboxylic acids is 1. The molecule has 0 saturated carbocycles. The Morgan fingerprint density at radius 2 is 2.00 bits per heavy atom. The maximum atomic E-state index is 13.3. The van der Waals surface area contributed by atoms with E-state index in [1.807, 2.05) is 13.8 Å². The van der Waals surface area contributed by atoms with Crippen molar-refractivity contribution in [1.29, 1.82) is 0 Å². The van der Waals surface area contributed by atoms with Crippen LogP contribution in [-0.4, -0.2) is 46.6 Å². The van der Waals surface area contributed by atoms with Gasteiger partial charge in [0.15, 0.2) is 9.84 Å². The van der Waals surface area contributed by atoms with Gasteiger partial charge in [0.25, 0.3) is 5.91 Å². The molecule has 0 aliphatic carbocycles. The van der Waals surface area contributed by atoms with E-state index in [1.165, 1.54) is 6.26 Å². The zero-order chi connectivity index (χ0) is 21.5. The van der Waals surface area contributed by atoms with Crippen LogP contribution in [0.2, 0.25) is 5.02 Å². The van der Waals surface area contributed by atoms with Crippen molar-refractivity contribution in [3.8, 4) is 5.69 Å². The van der Waals surface area contributed by atoms with Crippen LogP contribution in [0.15, 0.2) is 47.1 Å². The first kappa shape index (κ1) is 20.7. The van der Waals surface area contributed by atoms with E-state index in [4.69, 9.17) is 16.0 Å². The molecule has 3 heterocycles. The van der Waals surface area contributed by atoms with E-state index in [9.17, 15) is 13.2 Å². The molecule has 1 saturated heterocycles. The Bertz CT molecular complexity index is 1170. The molecule has 1 unspecified atom stereocenters. The van der Waals surface area contributed by atoms with Gasteiger partial charge in [0.2, 0.25) is 0 Å². The van der Waals surface area contributed by atoms with Crippen LogP contribution < -0.4 is 0 Å². The third-order valence-electron chi connectivity index (χ3n) is 5.38. The van der Waals surface area contributed by atoms with E-state index in [1.54, 1.807) is 46.0 Å². The highest BCUT2D eigenvalue weighted by Gasteiger charge is 2.35. The zero-order valence-electron chi connectivity index (χ0n) is 16.7. The molecule has 1 aromatic carbocycles. The van der Waals surface area contributed by atoms with E-state index in [2.05, 4.69) is 5.10 Å². The molecule has 9 heteroatoms. The number of carbonyl (C=O) groups is 1. The minimum absolute atomic E-state index is 0.0260. The summed E-state index contributed by atoms with van der Waals surface area (Å²) in [6, 6.07) is 10.2. The number of rotatable bonds is 5. The van der Waals surface area contributed by atoms with Gasteiger partial charge in [-0.3, -0.25) is 4.79 Å². The first-order valence-electron chi connectivity index (χ1n) is 9.61. The van der Waals surface area contributed by atoms with Crippen LogP contribution in [0.3, 0.4) is 0 Å². The summed E-state index contributed by atoms with van der Waals surface area (Å²) in [5.41, 5.74) is 2.83. The lowest BCUT2D eigenvalue weighted by atomic mass is 10.1. The maximum Gasteiger partial charge on any atom is 0.254 e. The number of halogens is 1. The topological polar surface area (TPSA) is 85.4 Å². The van der Waals surface area contributed by atoms with Gasteiger partial charge in [-0.1, -0.05) is 11.6 Å². The molecule has 0 N–H and O–H groups in total. The van der Waals surface area contributed by atoms with E-state index in [0.29, 0.717) is 22.8 Å². The van der Waals surface area contributed by atoms with E-state index >= 15 is 0 Å². The number of nitrogens with zero attached hydrogens (tertiary/aromatic N) is 3. The van der Waals surface area contributed by atoms with E-state index in [-0.39, 0.29) is 30.0 Å². The lowest BCUT2D eigenvalue weighted by Gasteiger charge is -2.27. The average Bonchev–Trinajstić information content (AvgIpc) is 3.42. The monoisotopic (exact) mass is 447 g/mol. The van der Waals surface area contributed by atoms with Crippen molar-refractivity contribution in [3.63, 3.8) is 0 Å². The van der Waals surface area contributed by atoms with Crippen molar-refractivity contribution >= 4 is 27.3 Å². The van der Waals surface area contributed by atoms with Crippen LogP contribution in [0.4, 0.5) is 0 Å². The molecule has 158 valence electrons. The summed E-state index contributed by atoms with van der Waals surface area (Å²) in [7, 11) is -3.13. The summed E-state index contributed by atoms with van der Waals surface area (Å²) in [5, 5.41) is 5.04. The van der Waals surface area contributed by atoms with Crippen molar-refractivity contribution in [2.75, 3.05) is 11.5 Å². The smallest absolute Gasteiger partial charge is 0.254 e. The highest BCUT2D eigenvalue weighted by atomic mass is 35.5. The van der Waals surface area contributed by atoms with Crippen molar-refractivity contribution in [1.82, 2.24) is 14.7 Å². The fourth-order valence-corrected chi connectivity index (χ4v) is 5.59. The molecule has 4 rings (SSSR count). The summed E-state index contributed by atoms with van der Waals surface area (Å²) >= 11 is 6.23. The summed E-state index contributed by atoms with van der Waals surface area (Å²) in [5.74, 6) is 0.451. The average molecular weight is 448 g/mol. The minimum Gasteiger partial charge on any atom is -0.467 e. The number of sulfone groups is 1. The normalized spacial score (nSPS) is 17.9. The Morgan fingerprint density at radius 1 is 1.27 bits per heavy atom. The summed E-state index contributed by atoms with van der Waals surface area (Å²) in [4.78, 5) is 14.9. The molecule has 0 spiro atoms. The second-order valence-corrected chi connectivity index (χ2v) is 10.1. The molecular formula is C21H22ClN3O4S. The molecule has 0 radical (unpaired) electrons. The fourth-order valence-electron chi connectivity index (χ4n) is 3.74. The van der Waals surface area contributed by atoms with Crippen molar-refractivity contribution in [2.45, 2.75) is 32.9 Å². The van der Waals surface area contributed by atoms with Crippen molar-refractivity contribution in [2.24, 2.45) is 0 Å². The van der Waals surface area contributed by atoms with Crippen LogP contribution in [0.5, 0.6) is 0 Å². The second kappa shape index (κ2) is 7.92. The molecular weight excluding hydrogens is 426 g/mol. The van der Waals surface area contributed by atoms with Crippen molar-refractivity contribution < 1.29 is 17.6 Å². The fraction of sp³-hybridized carbons (Fsp3) is 0.333. The van der Waals surface area contributed by atoms with Gasteiger partial charge in [-0.05, 0) is 56.7 Å². The molecule has 1 aliphatic rings. The molecule has 2 aromatic heterocycles. The van der Waals surface area contributed by atoms with Crippen LogP contribution >= 0.6 is 11.6 Å². The quantitative estimate of drug-likeness (QED) is 0.596. The number of hydrogen-bond acceptors (Lipinski definition) is 5. The van der Waals surface area contributed by atoms with Gasteiger partial charge in [-0.25, -0.2) is 13.1 Å². The maximum absolute atomic E-state index is 13.3. The van der Waals surface area contributed by atoms with Gasteiger partial charge in [0.1, 0.15) is 5.76 Å². The Morgan fingerprint density at radius 3 is 2.53 bits per heavy atom. The third kappa shape index (κ3) is 4.02. The van der Waals surface area contributed by atoms with Crippen LogP contribution in [0.1, 0.15) is 33.9 Å². The molecule has 1 fully saturated rings. The lowest BCUT2D eigenvalue weighted by Crippen LogP contribution is -2.40. The zero-order valence-corrected chi connectivity index (χ0v) is 18.3. The predicted octanol–water partition coefficient (Wildman–Crippen LogP) is 3.57. The number of aromatic nitrogens is 2. The number of amides is 1. The number of furan rings is 1. The molecule has 1 aliphatic heterocycles. The summed E-state index contributed by atoms with van der Waals surface area (Å²) < 4.78 is 31.1. The molecule has 1 atom stereocenters. The SMILES string of the molecule is Cc1nn(-c2ccc(C(=O)N(Cc3ccco3)C3CCS(=O)(=O)C3)cc2)c(C)c1Cl. The standard InChI is InChI=1S/C21H22ClN3O4S/c1-14-20(22)15(2)25(23-14)17-7-5-16(6-8-17)21(26)24(12-19-4-3-10-29-19)18-9-11-30(27,28)13-18/h3-8,10,18H,9,11-13H2,1-2H3. The van der Waals surface area contributed by atoms with E-state index < -0.39 is 9.84 Å². The van der Waals surface area contributed by atoms with Crippen molar-refractivity contribution in [3.05, 3.63) is 70.4 Å². The van der Waals surface area contributed by atoms with Gasteiger partial charge in [-0.2, -0.15) is 5.10 Å². The summed E-state index contributed by atoms with van der Waals surface area (Å²) in [6.07, 6.45) is 1.97. The van der Waals surface area contributed by atoms with Gasteiger partial charge >= 0.3 is 0 Å². The third-order valence-corrected chi connectivity index (χ3v) is 7.68. The van der Waals surface area contributed by atoms with E-state index in [0.717, 1.165) is 17.1 Å². The van der Waals surface area contributed by atoms with Gasteiger partial charge < -0.3 is 9.32 Å². The molecule has 3 aromatic rings. The first-order chi connectivity index (χ1) is 14.2. The Kier molecular flexibility index (Phi) is 5.46. The Balaban J connectivity index is 1.61. The van der Waals surface area contributed by atoms with Gasteiger partial charge in [-0.15, -0.1) is 0 Å². The number of benzene rings is 1. The van der Waals surface area contributed by atoms with Gasteiger partial charge in [0.05, 0.1) is 46.4 Å². The number of aryl methyl sites for hydroxylation is 1. The highest BCUT2D eigenvalue weighted by Crippen LogP contribution is 2.25. The molecule has 0 bridgehead atoms. The highest BCUT2D eigenvalue weighted by molar-refractivity contribution is 7.91. The Hall–Kier alpha value is -2.58. The molecule has 7 nitrogen and oxygen atoms in total. The largest absolute Gasteiger partial charge is 0.467 e. The Labute approximate surface area is 180 Å². The number of hydrogen-bond donors (Lipinski definition) is 0. The molecule has 1 amide bonds.